The zero-order valence-corrected chi connectivity index (χ0v) is 14.1. The summed E-state index contributed by atoms with van der Waals surface area (Å²) in [7, 11) is 0. The average molecular weight is 341 g/mol. The lowest BCUT2D eigenvalue weighted by atomic mass is 10.1. The van der Waals surface area contributed by atoms with Crippen LogP contribution in [0.25, 0.3) is 0 Å². The third kappa shape index (κ3) is 5.22. The van der Waals surface area contributed by atoms with Gasteiger partial charge in [-0.15, -0.1) is 0 Å². The van der Waals surface area contributed by atoms with Crippen LogP contribution in [0.4, 0.5) is 0 Å². The van der Waals surface area contributed by atoms with Crippen LogP contribution in [-0.4, -0.2) is 38.4 Å². The predicted octanol–water partition coefficient (Wildman–Crippen LogP) is 3.05. The van der Waals surface area contributed by atoms with Crippen molar-refractivity contribution in [1.29, 1.82) is 0 Å². The second kappa shape index (κ2) is 9.08. The smallest absolute Gasteiger partial charge is 0.255 e. The molecule has 1 atom stereocenters. The van der Waals surface area contributed by atoms with E-state index >= 15 is 0 Å². The number of para-hydroxylation sites is 2. The van der Waals surface area contributed by atoms with E-state index in [2.05, 4.69) is 5.32 Å². The molecule has 1 heterocycles. The Morgan fingerprint density at radius 2 is 1.80 bits per heavy atom. The molecule has 25 heavy (non-hydrogen) atoms. The maximum Gasteiger partial charge on any atom is 0.255 e. The molecule has 0 bridgehead atoms. The van der Waals surface area contributed by atoms with Gasteiger partial charge in [-0.1, -0.05) is 30.3 Å². The van der Waals surface area contributed by atoms with Gasteiger partial charge in [0.2, 0.25) is 0 Å². The fraction of sp³-hybridized carbons (Fsp3) is 0.350. The summed E-state index contributed by atoms with van der Waals surface area (Å²) in [6, 6.07) is 16.8. The summed E-state index contributed by atoms with van der Waals surface area (Å²) in [4.78, 5) is 12.4. The Hall–Kier alpha value is -2.53. The molecule has 1 amide bonds. The molecule has 0 unspecified atom stereocenters. The van der Waals surface area contributed by atoms with E-state index in [-0.39, 0.29) is 12.0 Å². The highest BCUT2D eigenvalue weighted by atomic mass is 16.5. The minimum Gasteiger partial charge on any atom is -0.490 e. The topological polar surface area (TPSA) is 56.8 Å². The van der Waals surface area contributed by atoms with Crippen LogP contribution in [0, 0.1) is 0 Å². The molecule has 0 radical (unpaired) electrons. The summed E-state index contributed by atoms with van der Waals surface area (Å²) in [5, 5.41) is 2.92. The predicted molar refractivity (Wildman–Crippen MR) is 95.2 cm³/mol. The summed E-state index contributed by atoms with van der Waals surface area (Å²) >= 11 is 0. The first kappa shape index (κ1) is 17.3. The molecule has 1 aliphatic rings. The van der Waals surface area contributed by atoms with Gasteiger partial charge in [-0.3, -0.25) is 4.79 Å². The number of carbonyl (C=O) groups excluding carboxylic acids is 1. The Morgan fingerprint density at radius 3 is 2.60 bits per heavy atom. The van der Waals surface area contributed by atoms with Crippen LogP contribution in [0.2, 0.25) is 0 Å². The van der Waals surface area contributed by atoms with Gasteiger partial charge < -0.3 is 19.5 Å². The molecule has 1 aliphatic heterocycles. The van der Waals surface area contributed by atoms with Crippen molar-refractivity contribution < 1.29 is 19.0 Å². The zero-order valence-electron chi connectivity index (χ0n) is 14.1. The van der Waals surface area contributed by atoms with E-state index < -0.39 is 0 Å². The van der Waals surface area contributed by atoms with Crippen LogP contribution in [0.3, 0.4) is 0 Å². The Bertz CT molecular complexity index is 668. The first-order chi connectivity index (χ1) is 12.3. The highest BCUT2D eigenvalue weighted by Gasteiger charge is 2.18. The van der Waals surface area contributed by atoms with Gasteiger partial charge in [-0.05, 0) is 37.1 Å². The highest BCUT2D eigenvalue weighted by molar-refractivity contribution is 5.96. The maximum absolute atomic E-state index is 12.4. The van der Waals surface area contributed by atoms with Gasteiger partial charge in [0.15, 0.2) is 0 Å². The van der Waals surface area contributed by atoms with Crippen molar-refractivity contribution in [3.63, 3.8) is 0 Å². The lowest BCUT2D eigenvalue weighted by molar-refractivity contribution is 0.0853. The van der Waals surface area contributed by atoms with Crippen molar-refractivity contribution in [2.45, 2.75) is 18.9 Å². The average Bonchev–Trinajstić information content (AvgIpc) is 3.18. The summed E-state index contributed by atoms with van der Waals surface area (Å²) in [5.41, 5.74) is 0.528. The zero-order chi connectivity index (χ0) is 17.3. The molecular weight excluding hydrogens is 318 g/mol. The number of hydrogen-bond acceptors (Lipinski definition) is 4. The van der Waals surface area contributed by atoms with Crippen LogP contribution in [0.5, 0.6) is 11.5 Å². The molecule has 5 heteroatoms. The van der Waals surface area contributed by atoms with Gasteiger partial charge in [0.25, 0.3) is 5.91 Å². The number of nitrogens with one attached hydrogen (secondary N) is 1. The number of ether oxygens (including phenoxy) is 3. The lowest BCUT2D eigenvalue weighted by Gasteiger charge is -2.14. The Morgan fingerprint density at radius 1 is 1.04 bits per heavy atom. The molecule has 1 saturated heterocycles. The Balaban J connectivity index is 1.48. The van der Waals surface area contributed by atoms with E-state index in [1.807, 2.05) is 42.5 Å². The van der Waals surface area contributed by atoms with Crippen LogP contribution in [-0.2, 0) is 4.74 Å². The standard InChI is InChI=1S/C20H23NO4/c22-20(21-15-17-9-6-12-23-17)18-10-4-5-11-19(18)25-14-13-24-16-7-2-1-3-8-16/h1-5,7-8,10-11,17H,6,9,12-15H2,(H,21,22)/t17-/m0/s1. The number of benzene rings is 2. The quantitative estimate of drug-likeness (QED) is 0.750. The van der Waals surface area contributed by atoms with Gasteiger partial charge in [0, 0.05) is 13.2 Å². The van der Waals surface area contributed by atoms with Crippen molar-refractivity contribution in [3.8, 4) is 11.5 Å². The number of carbonyl (C=O) groups is 1. The second-order valence-electron chi connectivity index (χ2n) is 5.85. The maximum atomic E-state index is 12.4. The molecule has 132 valence electrons. The largest absolute Gasteiger partial charge is 0.490 e. The summed E-state index contributed by atoms with van der Waals surface area (Å²) in [5.74, 6) is 1.22. The number of amides is 1. The van der Waals surface area contributed by atoms with Crippen molar-refractivity contribution in [1.82, 2.24) is 5.32 Å². The van der Waals surface area contributed by atoms with Crippen LogP contribution >= 0.6 is 0 Å². The van der Waals surface area contributed by atoms with Crippen LogP contribution in [0.1, 0.15) is 23.2 Å². The summed E-state index contributed by atoms with van der Waals surface area (Å²) in [6.45, 7) is 2.09. The van der Waals surface area contributed by atoms with Gasteiger partial charge in [-0.2, -0.15) is 0 Å². The normalized spacial score (nSPS) is 16.4. The molecule has 0 saturated carbocycles. The van der Waals surface area contributed by atoms with E-state index in [4.69, 9.17) is 14.2 Å². The van der Waals surface area contributed by atoms with Crippen LogP contribution in [0.15, 0.2) is 54.6 Å². The van der Waals surface area contributed by atoms with E-state index in [0.717, 1.165) is 25.2 Å². The van der Waals surface area contributed by atoms with E-state index in [1.165, 1.54) is 0 Å². The van der Waals surface area contributed by atoms with Crippen molar-refractivity contribution in [2.75, 3.05) is 26.4 Å². The van der Waals surface area contributed by atoms with E-state index in [9.17, 15) is 4.79 Å². The summed E-state index contributed by atoms with van der Waals surface area (Å²) in [6.07, 6.45) is 2.17. The lowest BCUT2D eigenvalue weighted by Crippen LogP contribution is -2.32. The summed E-state index contributed by atoms with van der Waals surface area (Å²) < 4.78 is 16.9. The number of hydrogen-bond donors (Lipinski definition) is 1. The molecule has 2 aromatic rings. The molecule has 1 fully saturated rings. The van der Waals surface area contributed by atoms with Crippen molar-refractivity contribution in [2.24, 2.45) is 0 Å². The molecule has 2 aromatic carbocycles. The van der Waals surface area contributed by atoms with Gasteiger partial charge in [-0.25, -0.2) is 0 Å². The monoisotopic (exact) mass is 341 g/mol. The third-order valence-electron chi connectivity index (χ3n) is 4.00. The Labute approximate surface area is 147 Å². The molecule has 5 nitrogen and oxygen atoms in total. The first-order valence-electron chi connectivity index (χ1n) is 8.62. The van der Waals surface area contributed by atoms with Gasteiger partial charge in [0.05, 0.1) is 11.7 Å². The molecule has 0 aliphatic carbocycles. The molecule has 0 spiro atoms. The molecule has 3 rings (SSSR count). The van der Waals surface area contributed by atoms with Crippen LogP contribution < -0.4 is 14.8 Å². The van der Waals surface area contributed by atoms with Crippen molar-refractivity contribution in [3.05, 3.63) is 60.2 Å². The minimum absolute atomic E-state index is 0.122. The SMILES string of the molecule is O=C(NC[C@@H]1CCCO1)c1ccccc1OCCOc1ccccc1. The molecular formula is C20H23NO4. The molecule has 0 aromatic heterocycles. The van der Waals surface area contributed by atoms with E-state index in [1.54, 1.807) is 12.1 Å². The highest BCUT2D eigenvalue weighted by Crippen LogP contribution is 2.18. The van der Waals surface area contributed by atoms with Crippen molar-refractivity contribution >= 4 is 5.91 Å². The number of rotatable bonds is 8. The first-order valence-corrected chi connectivity index (χ1v) is 8.62. The minimum atomic E-state index is -0.143. The molecule has 1 N–H and O–H groups in total. The van der Waals surface area contributed by atoms with Gasteiger partial charge >= 0.3 is 0 Å². The van der Waals surface area contributed by atoms with Gasteiger partial charge in [0.1, 0.15) is 24.7 Å². The second-order valence-corrected chi connectivity index (χ2v) is 5.85. The van der Waals surface area contributed by atoms with E-state index in [0.29, 0.717) is 31.1 Å². The fourth-order valence-corrected chi connectivity index (χ4v) is 2.72. The fourth-order valence-electron chi connectivity index (χ4n) is 2.72. The third-order valence-corrected chi connectivity index (χ3v) is 4.00. The Kier molecular flexibility index (Phi) is 6.29.